The topological polar surface area (TPSA) is 96.9 Å². The van der Waals surface area contributed by atoms with E-state index in [1.54, 1.807) is 0 Å². The average molecular weight is 292 g/mol. The Kier molecular flexibility index (Phi) is 2.47. The number of rotatable bonds is 1. The molecule has 0 spiro atoms. The summed E-state index contributed by atoms with van der Waals surface area (Å²) in [5.41, 5.74) is 6.79. The van der Waals surface area contributed by atoms with Crippen LogP contribution < -0.4 is 11.3 Å². The third-order valence-corrected chi connectivity index (χ3v) is 3.69. The quantitative estimate of drug-likeness (QED) is 0.501. The summed E-state index contributed by atoms with van der Waals surface area (Å²) >= 11 is 0. The molecule has 4 N–H and O–H groups in total. The smallest absolute Gasteiger partial charge is 0.263 e. The lowest BCUT2D eigenvalue weighted by Gasteiger charge is -2.07. The predicted octanol–water partition coefficient (Wildman–Crippen LogP) is 2.15. The molecule has 2 aromatic carbocycles. The Labute approximate surface area is 124 Å². The third-order valence-electron chi connectivity index (χ3n) is 3.69. The molecular formula is C16H12N4O2. The SMILES string of the molecule is Nc1c2c(=O)[nH]c(O)cc2nn1-c1cccc2ccccc12. The maximum atomic E-state index is 12.0. The summed E-state index contributed by atoms with van der Waals surface area (Å²) in [6, 6.07) is 15.0. The highest BCUT2D eigenvalue weighted by atomic mass is 16.3. The fourth-order valence-corrected chi connectivity index (χ4v) is 2.70. The van der Waals surface area contributed by atoms with Gasteiger partial charge in [-0.1, -0.05) is 36.4 Å². The molecule has 0 saturated carbocycles. The van der Waals surface area contributed by atoms with Crippen LogP contribution in [0.4, 0.5) is 5.82 Å². The normalized spacial score (nSPS) is 11.3. The van der Waals surface area contributed by atoms with Gasteiger partial charge >= 0.3 is 0 Å². The first-order valence-corrected chi connectivity index (χ1v) is 6.74. The number of hydrogen-bond donors (Lipinski definition) is 3. The largest absolute Gasteiger partial charge is 0.494 e. The molecule has 0 aliphatic carbocycles. The van der Waals surface area contributed by atoms with Gasteiger partial charge in [0, 0.05) is 11.5 Å². The van der Waals surface area contributed by atoms with Gasteiger partial charge in [-0.3, -0.25) is 9.78 Å². The number of nitrogens with zero attached hydrogens (tertiary/aromatic N) is 2. The Morgan fingerprint density at radius 2 is 1.91 bits per heavy atom. The van der Waals surface area contributed by atoms with Crippen LogP contribution in [0.1, 0.15) is 0 Å². The van der Waals surface area contributed by atoms with E-state index in [-0.39, 0.29) is 17.1 Å². The van der Waals surface area contributed by atoms with Crippen molar-refractivity contribution in [1.29, 1.82) is 0 Å². The van der Waals surface area contributed by atoms with Gasteiger partial charge < -0.3 is 10.8 Å². The zero-order valence-corrected chi connectivity index (χ0v) is 11.4. The first-order valence-electron chi connectivity index (χ1n) is 6.74. The standard InChI is InChI=1S/C16H12N4O2/c17-15-14-11(8-13(21)18-16(14)22)19-20(15)12-7-3-5-9-4-1-2-6-10(9)12/h1-8,21H,17H2,(H,18,22). The second-order valence-electron chi connectivity index (χ2n) is 5.04. The van der Waals surface area contributed by atoms with Gasteiger partial charge in [0.2, 0.25) is 0 Å². The van der Waals surface area contributed by atoms with Crippen LogP contribution in [0.2, 0.25) is 0 Å². The molecule has 0 radical (unpaired) electrons. The number of aromatic nitrogens is 3. The molecule has 4 rings (SSSR count). The predicted molar refractivity (Wildman–Crippen MR) is 85.3 cm³/mol. The van der Waals surface area contributed by atoms with Crippen molar-refractivity contribution in [1.82, 2.24) is 14.8 Å². The van der Waals surface area contributed by atoms with Crippen LogP contribution in [0.5, 0.6) is 5.88 Å². The van der Waals surface area contributed by atoms with Gasteiger partial charge in [0.15, 0.2) is 5.88 Å². The van der Waals surface area contributed by atoms with E-state index >= 15 is 0 Å². The number of nitrogens with two attached hydrogens (primary N) is 1. The number of aromatic hydroxyl groups is 1. The van der Waals surface area contributed by atoms with Crippen molar-refractivity contribution in [3.63, 3.8) is 0 Å². The zero-order valence-electron chi connectivity index (χ0n) is 11.4. The Balaban J connectivity index is 2.11. The zero-order chi connectivity index (χ0) is 15.3. The van der Waals surface area contributed by atoms with Crippen LogP contribution in [0, 0.1) is 0 Å². The van der Waals surface area contributed by atoms with Crippen molar-refractivity contribution >= 4 is 27.5 Å². The molecule has 22 heavy (non-hydrogen) atoms. The number of aromatic amines is 1. The molecule has 0 unspecified atom stereocenters. The summed E-state index contributed by atoms with van der Waals surface area (Å²) in [4.78, 5) is 14.3. The lowest BCUT2D eigenvalue weighted by atomic mass is 10.1. The second-order valence-corrected chi connectivity index (χ2v) is 5.04. The van der Waals surface area contributed by atoms with E-state index in [1.165, 1.54) is 10.7 Å². The van der Waals surface area contributed by atoms with Gasteiger partial charge in [0.25, 0.3) is 5.56 Å². The highest BCUT2D eigenvalue weighted by molar-refractivity contribution is 5.94. The Bertz CT molecular complexity index is 1070. The van der Waals surface area contributed by atoms with Crippen LogP contribution in [-0.2, 0) is 0 Å². The van der Waals surface area contributed by atoms with Crippen molar-refractivity contribution in [3.05, 3.63) is 58.9 Å². The molecule has 2 aromatic heterocycles. The van der Waals surface area contributed by atoms with E-state index in [1.807, 2.05) is 42.5 Å². The van der Waals surface area contributed by atoms with Gasteiger partial charge in [0.05, 0.1) is 5.69 Å². The first-order chi connectivity index (χ1) is 10.6. The monoisotopic (exact) mass is 292 g/mol. The number of hydrogen-bond acceptors (Lipinski definition) is 4. The van der Waals surface area contributed by atoms with E-state index in [0.717, 1.165) is 16.5 Å². The van der Waals surface area contributed by atoms with Gasteiger partial charge in [-0.05, 0) is 11.5 Å². The molecule has 0 aliphatic rings. The number of H-pyrrole nitrogens is 1. The highest BCUT2D eigenvalue weighted by Crippen LogP contribution is 2.27. The number of benzene rings is 2. The fourth-order valence-electron chi connectivity index (χ4n) is 2.70. The molecule has 4 aromatic rings. The summed E-state index contributed by atoms with van der Waals surface area (Å²) < 4.78 is 1.53. The van der Waals surface area contributed by atoms with Crippen molar-refractivity contribution in [2.45, 2.75) is 0 Å². The van der Waals surface area contributed by atoms with E-state index in [0.29, 0.717) is 5.52 Å². The van der Waals surface area contributed by atoms with E-state index < -0.39 is 5.56 Å². The van der Waals surface area contributed by atoms with Gasteiger partial charge in [-0.25, -0.2) is 4.68 Å². The number of nitrogens with one attached hydrogen (secondary N) is 1. The summed E-state index contributed by atoms with van der Waals surface area (Å²) in [6.45, 7) is 0. The van der Waals surface area contributed by atoms with E-state index in [4.69, 9.17) is 5.73 Å². The molecule has 6 nitrogen and oxygen atoms in total. The van der Waals surface area contributed by atoms with Crippen molar-refractivity contribution in [3.8, 4) is 11.6 Å². The Morgan fingerprint density at radius 1 is 1.14 bits per heavy atom. The number of anilines is 1. The van der Waals surface area contributed by atoms with Crippen molar-refractivity contribution < 1.29 is 5.11 Å². The van der Waals surface area contributed by atoms with E-state index in [2.05, 4.69) is 10.1 Å². The lowest BCUT2D eigenvalue weighted by Crippen LogP contribution is -2.07. The first kappa shape index (κ1) is 12.5. The summed E-state index contributed by atoms with van der Waals surface area (Å²) in [5, 5.41) is 16.2. The third kappa shape index (κ3) is 1.67. The Hall–Kier alpha value is -3.28. The minimum absolute atomic E-state index is 0.236. The molecule has 0 atom stereocenters. The van der Waals surface area contributed by atoms with Gasteiger partial charge in [-0.2, -0.15) is 5.10 Å². The fraction of sp³-hybridized carbons (Fsp3) is 0. The lowest BCUT2D eigenvalue weighted by molar-refractivity contribution is 0.453. The van der Waals surface area contributed by atoms with Crippen LogP contribution in [0.15, 0.2) is 53.3 Å². The molecule has 2 heterocycles. The molecule has 6 heteroatoms. The second kappa shape index (κ2) is 4.36. The molecule has 0 saturated heterocycles. The summed E-state index contributed by atoms with van der Waals surface area (Å²) in [7, 11) is 0. The summed E-state index contributed by atoms with van der Waals surface area (Å²) in [6.07, 6.45) is 0. The minimum Gasteiger partial charge on any atom is -0.494 e. The van der Waals surface area contributed by atoms with Crippen LogP contribution in [-0.4, -0.2) is 19.9 Å². The van der Waals surface area contributed by atoms with Gasteiger partial charge in [-0.15, -0.1) is 0 Å². The summed E-state index contributed by atoms with van der Waals surface area (Å²) in [5.74, 6) is 0.00710. The highest BCUT2D eigenvalue weighted by Gasteiger charge is 2.15. The minimum atomic E-state index is -0.459. The Morgan fingerprint density at radius 3 is 2.77 bits per heavy atom. The molecule has 0 amide bonds. The maximum absolute atomic E-state index is 12.0. The molecule has 0 bridgehead atoms. The molecule has 0 fully saturated rings. The maximum Gasteiger partial charge on any atom is 0.263 e. The molecule has 108 valence electrons. The number of nitrogen functional groups attached to an aromatic ring is 1. The number of fused-ring (bicyclic) bond motifs is 2. The van der Waals surface area contributed by atoms with E-state index in [9.17, 15) is 9.90 Å². The van der Waals surface area contributed by atoms with Crippen molar-refractivity contribution in [2.24, 2.45) is 0 Å². The van der Waals surface area contributed by atoms with Crippen molar-refractivity contribution in [2.75, 3.05) is 5.73 Å². The number of pyridine rings is 1. The molecule has 0 aliphatic heterocycles. The molecular weight excluding hydrogens is 280 g/mol. The van der Waals surface area contributed by atoms with Crippen LogP contribution in [0.25, 0.3) is 27.4 Å². The van der Waals surface area contributed by atoms with Crippen LogP contribution in [0.3, 0.4) is 0 Å². The van der Waals surface area contributed by atoms with Gasteiger partial charge in [0.1, 0.15) is 16.7 Å². The van der Waals surface area contributed by atoms with Crippen LogP contribution >= 0.6 is 0 Å². The average Bonchev–Trinajstić information content (AvgIpc) is 2.83.